The van der Waals surface area contributed by atoms with E-state index in [2.05, 4.69) is 15.0 Å². The lowest BCUT2D eigenvalue weighted by atomic mass is 10.3. The summed E-state index contributed by atoms with van der Waals surface area (Å²) in [6.45, 7) is 0. The van der Waals surface area contributed by atoms with Crippen molar-refractivity contribution in [2.75, 3.05) is 11.9 Å². The third kappa shape index (κ3) is 3.39. The van der Waals surface area contributed by atoms with E-state index in [0.29, 0.717) is 15.3 Å². The average Bonchev–Trinajstić information content (AvgIpc) is 3.18. The van der Waals surface area contributed by atoms with Gasteiger partial charge in [0.15, 0.2) is 11.1 Å². The summed E-state index contributed by atoms with van der Waals surface area (Å²) in [6, 6.07) is 4.34. The lowest BCUT2D eigenvalue weighted by molar-refractivity contribution is -0.384. The first-order valence-electron chi connectivity index (χ1n) is 6.73. The summed E-state index contributed by atoms with van der Waals surface area (Å²) >= 11 is 2.31. The smallest absolute Gasteiger partial charge is 0.279 e. The van der Waals surface area contributed by atoms with E-state index in [1.54, 1.807) is 18.5 Å². The molecule has 0 aliphatic rings. The Morgan fingerprint density at radius 1 is 1.36 bits per heavy atom. The SMILES string of the molecule is CN(C(=O)c1csc(N=C(N)N)n1)c1nc2ccc([N+](=O)[O-])cc2s1. The molecule has 25 heavy (non-hydrogen) atoms. The van der Waals surface area contributed by atoms with E-state index < -0.39 is 4.92 Å². The zero-order valence-corrected chi connectivity index (χ0v) is 14.4. The van der Waals surface area contributed by atoms with Gasteiger partial charge in [0.1, 0.15) is 5.69 Å². The summed E-state index contributed by atoms with van der Waals surface area (Å²) < 4.78 is 0.614. The zero-order chi connectivity index (χ0) is 18.1. The Hall–Kier alpha value is -3.12. The van der Waals surface area contributed by atoms with Gasteiger partial charge in [0, 0.05) is 24.6 Å². The van der Waals surface area contributed by atoms with Crippen molar-refractivity contribution in [2.45, 2.75) is 0 Å². The van der Waals surface area contributed by atoms with Crippen molar-refractivity contribution >= 4 is 60.7 Å². The number of hydrogen-bond donors (Lipinski definition) is 2. The van der Waals surface area contributed by atoms with Crippen LogP contribution in [0.1, 0.15) is 10.5 Å². The van der Waals surface area contributed by atoms with Gasteiger partial charge >= 0.3 is 0 Å². The van der Waals surface area contributed by atoms with Gasteiger partial charge in [-0.25, -0.2) is 9.97 Å². The Morgan fingerprint density at radius 3 is 2.80 bits per heavy atom. The Kier molecular flexibility index (Phi) is 4.29. The third-order valence-electron chi connectivity index (χ3n) is 3.10. The lowest BCUT2D eigenvalue weighted by Crippen LogP contribution is -2.26. The fourth-order valence-electron chi connectivity index (χ4n) is 1.94. The standard InChI is InChI=1S/C13H11N7O3S2/c1-19(10(21)8-5-24-12(16-8)18-11(14)15)13-17-7-3-2-6(20(22)23)4-9(7)25-13/h2-5H,1H3,(H4,14,15,16,18). The van der Waals surface area contributed by atoms with Crippen LogP contribution in [0.25, 0.3) is 10.2 Å². The number of rotatable bonds is 4. The van der Waals surface area contributed by atoms with Gasteiger partial charge in [0.25, 0.3) is 11.6 Å². The van der Waals surface area contributed by atoms with E-state index in [-0.39, 0.29) is 28.4 Å². The summed E-state index contributed by atoms with van der Waals surface area (Å²) in [7, 11) is 1.55. The molecule has 0 spiro atoms. The van der Waals surface area contributed by atoms with Crippen molar-refractivity contribution in [1.82, 2.24) is 9.97 Å². The summed E-state index contributed by atoms with van der Waals surface area (Å²) in [5, 5.41) is 13.1. The predicted octanol–water partition coefficient (Wildman–Crippen LogP) is 1.84. The molecule has 2 aromatic heterocycles. The minimum atomic E-state index is -0.478. The number of amides is 1. The first kappa shape index (κ1) is 16.7. The van der Waals surface area contributed by atoms with Gasteiger partial charge in [-0.1, -0.05) is 11.3 Å². The van der Waals surface area contributed by atoms with Crippen LogP contribution in [0.15, 0.2) is 28.6 Å². The number of carbonyl (C=O) groups is 1. The van der Waals surface area contributed by atoms with Gasteiger partial charge in [-0.3, -0.25) is 19.8 Å². The van der Waals surface area contributed by atoms with Crippen molar-refractivity contribution in [3.8, 4) is 0 Å². The van der Waals surface area contributed by atoms with Crippen molar-refractivity contribution in [3.05, 3.63) is 39.4 Å². The summed E-state index contributed by atoms with van der Waals surface area (Å²) in [6.07, 6.45) is 0. The number of guanidine groups is 1. The number of nitro benzene ring substituents is 1. The molecule has 4 N–H and O–H groups in total. The van der Waals surface area contributed by atoms with Gasteiger partial charge in [-0.15, -0.1) is 11.3 Å². The molecule has 0 unspecified atom stereocenters. The van der Waals surface area contributed by atoms with Gasteiger partial charge in [0.2, 0.25) is 5.13 Å². The molecule has 0 aliphatic heterocycles. The summed E-state index contributed by atoms with van der Waals surface area (Å²) in [5.74, 6) is -0.531. The number of nitro groups is 1. The minimum Gasteiger partial charge on any atom is -0.370 e. The maximum Gasteiger partial charge on any atom is 0.279 e. The van der Waals surface area contributed by atoms with Crippen LogP contribution in [-0.4, -0.2) is 33.8 Å². The first-order valence-corrected chi connectivity index (χ1v) is 8.43. The number of aliphatic imine (C=N–C) groups is 1. The van der Waals surface area contributed by atoms with E-state index in [1.807, 2.05) is 0 Å². The number of nitrogens with two attached hydrogens (primary N) is 2. The molecule has 3 aromatic rings. The number of nitrogens with zero attached hydrogens (tertiary/aromatic N) is 5. The van der Waals surface area contributed by atoms with Crippen LogP contribution in [0.5, 0.6) is 0 Å². The molecule has 0 bridgehead atoms. The van der Waals surface area contributed by atoms with Gasteiger partial charge in [0.05, 0.1) is 15.1 Å². The quantitative estimate of drug-likeness (QED) is 0.304. The number of fused-ring (bicyclic) bond motifs is 1. The molecular formula is C13H11N7O3S2. The van der Waals surface area contributed by atoms with Crippen LogP contribution in [0.2, 0.25) is 0 Å². The Morgan fingerprint density at radius 2 is 2.12 bits per heavy atom. The van der Waals surface area contributed by atoms with Crippen molar-refractivity contribution in [2.24, 2.45) is 16.5 Å². The second-order valence-electron chi connectivity index (χ2n) is 4.82. The van der Waals surface area contributed by atoms with E-state index in [9.17, 15) is 14.9 Å². The number of benzene rings is 1. The fourth-order valence-corrected chi connectivity index (χ4v) is 3.58. The molecule has 1 aromatic carbocycles. The van der Waals surface area contributed by atoms with E-state index in [1.165, 1.54) is 28.4 Å². The minimum absolute atomic E-state index is 0.0296. The number of anilines is 1. The molecular weight excluding hydrogens is 366 g/mol. The average molecular weight is 377 g/mol. The third-order valence-corrected chi connectivity index (χ3v) is 4.93. The monoisotopic (exact) mass is 377 g/mol. The van der Waals surface area contributed by atoms with Crippen LogP contribution >= 0.6 is 22.7 Å². The number of non-ortho nitro benzene ring substituents is 1. The Labute approximate surface area is 148 Å². The highest BCUT2D eigenvalue weighted by atomic mass is 32.1. The molecule has 12 heteroatoms. The fraction of sp³-hybridized carbons (Fsp3) is 0.0769. The Balaban J connectivity index is 1.89. The molecule has 0 saturated carbocycles. The van der Waals surface area contributed by atoms with Crippen molar-refractivity contribution < 1.29 is 9.72 Å². The number of carbonyl (C=O) groups excluding carboxylic acids is 1. The molecule has 10 nitrogen and oxygen atoms in total. The lowest BCUT2D eigenvalue weighted by Gasteiger charge is -2.11. The van der Waals surface area contributed by atoms with Gasteiger partial charge in [-0.2, -0.15) is 4.99 Å². The van der Waals surface area contributed by atoms with E-state index in [0.717, 1.165) is 11.3 Å². The maximum atomic E-state index is 12.5. The molecule has 0 fully saturated rings. The molecule has 2 heterocycles. The number of aromatic nitrogens is 2. The molecule has 1 amide bonds. The highest BCUT2D eigenvalue weighted by Crippen LogP contribution is 2.31. The maximum absolute atomic E-state index is 12.5. The highest BCUT2D eigenvalue weighted by molar-refractivity contribution is 7.22. The second kappa shape index (κ2) is 6.41. The predicted molar refractivity (Wildman–Crippen MR) is 96.6 cm³/mol. The molecule has 128 valence electrons. The highest BCUT2D eigenvalue weighted by Gasteiger charge is 2.20. The number of thiazole rings is 2. The van der Waals surface area contributed by atoms with E-state index >= 15 is 0 Å². The van der Waals surface area contributed by atoms with Crippen LogP contribution in [0.3, 0.4) is 0 Å². The van der Waals surface area contributed by atoms with Crippen molar-refractivity contribution in [3.63, 3.8) is 0 Å². The van der Waals surface area contributed by atoms with Crippen LogP contribution in [-0.2, 0) is 0 Å². The zero-order valence-electron chi connectivity index (χ0n) is 12.7. The van der Waals surface area contributed by atoms with Gasteiger partial charge < -0.3 is 11.5 Å². The molecule has 0 atom stereocenters. The number of hydrogen-bond acceptors (Lipinski definition) is 8. The summed E-state index contributed by atoms with van der Waals surface area (Å²) in [4.78, 5) is 36.4. The molecule has 0 aliphatic carbocycles. The van der Waals surface area contributed by atoms with Crippen LogP contribution in [0, 0.1) is 10.1 Å². The Bertz CT molecular complexity index is 1010. The largest absolute Gasteiger partial charge is 0.370 e. The summed E-state index contributed by atoms with van der Waals surface area (Å²) in [5.41, 5.74) is 11.3. The first-order chi connectivity index (χ1) is 11.8. The molecule has 3 rings (SSSR count). The van der Waals surface area contributed by atoms with Crippen LogP contribution < -0.4 is 16.4 Å². The van der Waals surface area contributed by atoms with E-state index in [4.69, 9.17) is 11.5 Å². The normalized spacial score (nSPS) is 10.6. The van der Waals surface area contributed by atoms with Crippen LogP contribution in [0.4, 0.5) is 16.0 Å². The van der Waals surface area contributed by atoms with Crippen molar-refractivity contribution in [1.29, 1.82) is 0 Å². The molecule has 0 radical (unpaired) electrons. The molecule has 0 saturated heterocycles. The second-order valence-corrected chi connectivity index (χ2v) is 6.67. The van der Waals surface area contributed by atoms with Gasteiger partial charge in [-0.05, 0) is 6.07 Å². The topological polar surface area (TPSA) is 154 Å².